The van der Waals surface area contributed by atoms with Gasteiger partial charge in [-0.25, -0.2) is 4.98 Å². The molecule has 0 bridgehead atoms. The fourth-order valence-corrected chi connectivity index (χ4v) is 2.00. The first-order valence-corrected chi connectivity index (χ1v) is 5.48. The molecule has 1 atom stereocenters. The summed E-state index contributed by atoms with van der Waals surface area (Å²) in [4.78, 5) is 18.2. The monoisotopic (exact) mass is 233 g/mol. The lowest BCUT2D eigenvalue weighted by atomic mass is 9.98. The standard InChI is InChI=1S/C12H15N3O2/c1-7-2-3-14-11-10(7)9(6-15-11)4-8(5-13)12(16)17/h2-3,6,8H,4-5,13H2,1H3,(H,14,15)(H,16,17). The summed E-state index contributed by atoms with van der Waals surface area (Å²) in [6.07, 6.45) is 3.98. The van der Waals surface area contributed by atoms with E-state index in [0.717, 1.165) is 22.2 Å². The molecule has 0 saturated heterocycles. The number of H-pyrrole nitrogens is 1. The van der Waals surface area contributed by atoms with Crippen LogP contribution >= 0.6 is 0 Å². The van der Waals surface area contributed by atoms with Gasteiger partial charge in [-0.1, -0.05) is 0 Å². The molecule has 4 N–H and O–H groups in total. The second-order valence-corrected chi connectivity index (χ2v) is 4.14. The van der Waals surface area contributed by atoms with E-state index in [1.165, 1.54) is 0 Å². The molecule has 0 aliphatic carbocycles. The summed E-state index contributed by atoms with van der Waals surface area (Å²) >= 11 is 0. The number of nitrogens with zero attached hydrogens (tertiary/aromatic N) is 1. The van der Waals surface area contributed by atoms with Crippen molar-refractivity contribution in [1.29, 1.82) is 0 Å². The lowest BCUT2D eigenvalue weighted by Crippen LogP contribution is -2.25. The van der Waals surface area contributed by atoms with Crippen molar-refractivity contribution in [2.24, 2.45) is 11.7 Å². The van der Waals surface area contributed by atoms with Gasteiger partial charge in [0.05, 0.1) is 5.92 Å². The maximum absolute atomic E-state index is 11.0. The Bertz CT molecular complexity index is 548. The number of nitrogens with two attached hydrogens (primary N) is 1. The van der Waals surface area contributed by atoms with Crippen molar-refractivity contribution in [3.05, 3.63) is 29.6 Å². The first-order chi connectivity index (χ1) is 8.13. The number of carboxylic acids is 1. The normalized spacial score (nSPS) is 12.8. The van der Waals surface area contributed by atoms with Gasteiger partial charge in [-0.05, 0) is 30.5 Å². The van der Waals surface area contributed by atoms with Crippen molar-refractivity contribution >= 4 is 17.0 Å². The molecular formula is C12H15N3O2. The molecule has 90 valence electrons. The fraction of sp³-hybridized carbons (Fsp3) is 0.333. The minimum absolute atomic E-state index is 0.140. The van der Waals surface area contributed by atoms with Crippen LogP contribution in [0.15, 0.2) is 18.5 Å². The van der Waals surface area contributed by atoms with E-state index in [-0.39, 0.29) is 6.54 Å². The summed E-state index contributed by atoms with van der Waals surface area (Å²) < 4.78 is 0. The van der Waals surface area contributed by atoms with Crippen molar-refractivity contribution in [3.63, 3.8) is 0 Å². The summed E-state index contributed by atoms with van der Waals surface area (Å²) in [5.41, 5.74) is 8.31. The van der Waals surface area contributed by atoms with Crippen LogP contribution in [0.4, 0.5) is 0 Å². The minimum atomic E-state index is -0.858. The van der Waals surface area contributed by atoms with Crippen molar-refractivity contribution in [1.82, 2.24) is 9.97 Å². The first kappa shape index (κ1) is 11.6. The molecule has 1 unspecified atom stereocenters. The number of aromatic nitrogens is 2. The van der Waals surface area contributed by atoms with Crippen LogP contribution in [0.5, 0.6) is 0 Å². The maximum atomic E-state index is 11.0. The van der Waals surface area contributed by atoms with Crippen molar-refractivity contribution in [3.8, 4) is 0 Å². The second-order valence-electron chi connectivity index (χ2n) is 4.14. The van der Waals surface area contributed by atoms with Crippen molar-refractivity contribution in [2.75, 3.05) is 6.54 Å². The van der Waals surface area contributed by atoms with Crippen molar-refractivity contribution < 1.29 is 9.90 Å². The zero-order chi connectivity index (χ0) is 12.4. The number of aliphatic carboxylic acids is 1. The van der Waals surface area contributed by atoms with Crippen LogP contribution in [0, 0.1) is 12.8 Å². The third-order valence-corrected chi connectivity index (χ3v) is 2.96. The minimum Gasteiger partial charge on any atom is -0.481 e. The smallest absolute Gasteiger partial charge is 0.308 e. The van der Waals surface area contributed by atoms with Gasteiger partial charge in [0.1, 0.15) is 5.65 Å². The number of nitrogens with one attached hydrogen (secondary N) is 1. The van der Waals surface area contributed by atoms with Crippen LogP contribution in [-0.2, 0) is 11.2 Å². The summed E-state index contributed by atoms with van der Waals surface area (Å²) in [5.74, 6) is -1.41. The first-order valence-electron chi connectivity index (χ1n) is 5.48. The molecule has 5 nitrogen and oxygen atoms in total. The Morgan fingerprint density at radius 2 is 2.41 bits per heavy atom. The molecule has 5 heteroatoms. The Labute approximate surface area is 98.7 Å². The molecule has 0 saturated carbocycles. The van der Waals surface area contributed by atoms with Gasteiger partial charge >= 0.3 is 5.97 Å². The number of pyridine rings is 1. The molecule has 17 heavy (non-hydrogen) atoms. The van der Waals surface area contributed by atoms with Crippen molar-refractivity contribution in [2.45, 2.75) is 13.3 Å². The summed E-state index contributed by atoms with van der Waals surface area (Å²) in [6, 6.07) is 1.91. The highest BCUT2D eigenvalue weighted by atomic mass is 16.4. The molecule has 0 radical (unpaired) electrons. The quantitative estimate of drug-likeness (QED) is 0.736. The molecule has 2 aromatic heterocycles. The van der Waals surface area contributed by atoms with Gasteiger partial charge in [0, 0.05) is 24.3 Å². The number of aryl methyl sites for hydroxylation is 1. The average molecular weight is 233 g/mol. The lowest BCUT2D eigenvalue weighted by molar-refractivity contribution is -0.141. The number of carbonyl (C=O) groups is 1. The van der Waals surface area contributed by atoms with E-state index in [0.29, 0.717) is 6.42 Å². The number of hydrogen-bond acceptors (Lipinski definition) is 3. The predicted octanol–water partition coefficient (Wildman–Crippen LogP) is 1.07. The van der Waals surface area contributed by atoms with E-state index in [9.17, 15) is 4.79 Å². The third kappa shape index (κ3) is 2.14. The molecule has 0 aromatic carbocycles. The Balaban J connectivity index is 2.39. The maximum Gasteiger partial charge on any atom is 0.308 e. The molecule has 2 aromatic rings. The number of aromatic amines is 1. The Morgan fingerprint density at radius 1 is 1.65 bits per heavy atom. The Hall–Kier alpha value is -1.88. The predicted molar refractivity (Wildman–Crippen MR) is 64.7 cm³/mol. The zero-order valence-electron chi connectivity index (χ0n) is 9.60. The van der Waals surface area contributed by atoms with E-state index in [1.807, 2.05) is 19.2 Å². The molecule has 0 amide bonds. The van der Waals surface area contributed by atoms with Crippen LogP contribution in [0.25, 0.3) is 11.0 Å². The molecular weight excluding hydrogens is 218 g/mol. The molecule has 2 heterocycles. The largest absolute Gasteiger partial charge is 0.481 e. The van der Waals surface area contributed by atoms with E-state index >= 15 is 0 Å². The number of hydrogen-bond donors (Lipinski definition) is 3. The van der Waals surface area contributed by atoms with E-state index in [2.05, 4.69) is 9.97 Å². The number of fused-ring (bicyclic) bond motifs is 1. The average Bonchev–Trinajstić information content (AvgIpc) is 2.70. The second kappa shape index (κ2) is 4.55. The highest BCUT2D eigenvalue weighted by molar-refractivity contribution is 5.84. The van der Waals surface area contributed by atoms with Crippen LogP contribution < -0.4 is 5.73 Å². The highest BCUT2D eigenvalue weighted by Crippen LogP contribution is 2.22. The van der Waals surface area contributed by atoms with Gasteiger partial charge in [-0.3, -0.25) is 4.79 Å². The molecule has 0 aliphatic heterocycles. The van der Waals surface area contributed by atoms with E-state index in [1.54, 1.807) is 6.20 Å². The fourth-order valence-electron chi connectivity index (χ4n) is 2.00. The summed E-state index contributed by atoms with van der Waals surface area (Å²) in [5, 5.41) is 10.0. The number of carboxylic acid groups (broad SMARTS) is 1. The van der Waals surface area contributed by atoms with E-state index in [4.69, 9.17) is 10.8 Å². The molecule has 0 aliphatic rings. The van der Waals surface area contributed by atoms with Gasteiger partial charge in [0.15, 0.2) is 0 Å². The van der Waals surface area contributed by atoms with Crippen LogP contribution in [0.3, 0.4) is 0 Å². The Kier molecular flexibility index (Phi) is 3.10. The van der Waals surface area contributed by atoms with Gasteiger partial charge in [0.2, 0.25) is 0 Å². The highest BCUT2D eigenvalue weighted by Gasteiger charge is 2.18. The summed E-state index contributed by atoms with van der Waals surface area (Å²) in [7, 11) is 0. The lowest BCUT2D eigenvalue weighted by Gasteiger charge is -2.08. The van der Waals surface area contributed by atoms with Crippen LogP contribution in [-0.4, -0.2) is 27.6 Å². The molecule has 2 rings (SSSR count). The Morgan fingerprint density at radius 3 is 3.06 bits per heavy atom. The van der Waals surface area contributed by atoms with Gasteiger partial charge in [-0.2, -0.15) is 0 Å². The summed E-state index contributed by atoms with van der Waals surface area (Å²) in [6.45, 7) is 2.13. The molecule has 0 fully saturated rings. The SMILES string of the molecule is Cc1ccnc2[nH]cc(CC(CN)C(=O)O)c12. The van der Waals surface area contributed by atoms with Gasteiger partial charge in [0.25, 0.3) is 0 Å². The van der Waals surface area contributed by atoms with Gasteiger partial charge in [-0.15, -0.1) is 0 Å². The van der Waals surface area contributed by atoms with E-state index < -0.39 is 11.9 Å². The topological polar surface area (TPSA) is 92.0 Å². The van der Waals surface area contributed by atoms with Crippen LogP contribution in [0.1, 0.15) is 11.1 Å². The zero-order valence-corrected chi connectivity index (χ0v) is 9.60. The van der Waals surface area contributed by atoms with Gasteiger partial charge < -0.3 is 15.8 Å². The van der Waals surface area contributed by atoms with Crippen LogP contribution in [0.2, 0.25) is 0 Å². The molecule has 0 spiro atoms. The third-order valence-electron chi connectivity index (χ3n) is 2.96. The number of rotatable bonds is 4.